The highest BCUT2D eigenvalue weighted by Crippen LogP contribution is 2.42. The van der Waals surface area contributed by atoms with Gasteiger partial charge in [-0.2, -0.15) is 11.8 Å². The Morgan fingerprint density at radius 2 is 1.94 bits per heavy atom. The molecule has 0 bridgehead atoms. The van der Waals surface area contributed by atoms with Crippen LogP contribution in [0, 0.1) is 5.92 Å². The van der Waals surface area contributed by atoms with Crippen LogP contribution in [0.1, 0.15) is 39.0 Å². The summed E-state index contributed by atoms with van der Waals surface area (Å²) in [5.74, 6) is 0.307. The van der Waals surface area contributed by atoms with Gasteiger partial charge < -0.3 is 24.4 Å². The van der Waals surface area contributed by atoms with E-state index in [1.54, 1.807) is 0 Å². The Morgan fingerprint density at radius 1 is 1.19 bits per heavy atom. The van der Waals surface area contributed by atoms with Gasteiger partial charge in [0.2, 0.25) is 0 Å². The van der Waals surface area contributed by atoms with Gasteiger partial charge in [-0.25, -0.2) is 4.79 Å². The van der Waals surface area contributed by atoms with Gasteiger partial charge in [-0.15, -0.1) is 0 Å². The Bertz CT molecular complexity index is 670. The topological polar surface area (TPSA) is 103 Å². The molecule has 0 heterocycles. The first-order valence-electron chi connectivity index (χ1n) is 10.7. The number of thioether (sulfide) groups is 1. The summed E-state index contributed by atoms with van der Waals surface area (Å²) in [5.41, 5.74) is 0.656. The van der Waals surface area contributed by atoms with Gasteiger partial charge in [0.05, 0.1) is 13.2 Å². The standard InChI is InChI=1S/C21H37N2O6PS/c1-17(31-4)18-9-11-19(12-10-18)20(24)22-14-16-28-21(25)23-13-7-5-6-8-15-29-30(3,26)27-2/h9,11-12,17-18H,5-8,10,13-16H2,1-4H3,(H,22,24)(H,23,25). The smallest absolute Gasteiger partial charge is 0.407 e. The minimum Gasteiger partial charge on any atom is -0.448 e. The average Bonchev–Trinajstić information content (AvgIpc) is 2.77. The van der Waals surface area contributed by atoms with Crippen molar-refractivity contribution in [3.05, 3.63) is 23.8 Å². The van der Waals surface area contributed by atoms with Crippen LogP contribution < -0.4 is 10.6 Å². The number of hydrogen-bond acceptors (Lipinski definition) is 7. The van der Waals surface area contributed by atoms with Crippen molar-refractivity contribution in [2.75, 3.05) is 46.3 Å². The maximum atomic E-state index is 12.2. The quantitative estimate of drug-likeness (QED) is 0.271. The van der Waals surface area contributed by atoms with Gasteiger partial charge in [0.1, 0.15) is 6.61 Å². The SMILES string of the molecule is COP(C)(=O)OCCCCCCNC(=O)OCCNC(=O)C1=CCC(C(C)SC)C=C1. The van der Waals surface area contributed by atoms with Crippen molar-refractivity contribution >= 4 is 31.4 Å². The highest BCUT2D eigenvalue weighted by molar-refractivity contribution is 7.99. The number of rotatable bonds is 15. The fraction of sp³-hybridized carbons (Fsp3) is 0.714. The number of amides is 2. The molecule has 2 N–H and O–H groups in total. The lowest BCUT2D eigenvalue weighted by molar-refractivity contribution is -0.117. The lowest BCUT2D eigenvalue weighted by Gasteiger charge is -2.21. The summed E-state index contributed by atoms with van der Waals surface area (Å²) in [4.78, 5) is 23.8. The van der Waals surface area contributed by atoms with E-state index in [0.717, 1.165) is 32.1 Å². The second kappa shape index (κ2) is 15.5. The van der Waals surface area contributed by atoms with Crippen LogP contribution in [-0.2, 0) is 23.1 Å². The Kier molecular flexibility index (Phi) is 13.9. The molecule has 2 amide bonds. The Balaban J connectivity index is 2.01. The molecule has 0 aromatic carbocycles. The summed E-state index contributed by atoms with van der Waals surface area (Å²) in [7, 11) is -1.52. The van der Waals surface area contributed by atoms with Gasteiger partial charge >= 0.3 is 13.7 Å². The van der Waals surface area contributed by atoms with Gasteiger partial charge in [-0.1, -0.05) is 38.0 Å². The number of hydrogen-bond donors (Lipinski definition) is 2. The molecule has 0 spiro atoms. The van der Waals surface area contributed by atoms with E-state index in [9.17, 15) is 14.2 Å². The van der Waals surface area contributed by atoms with E-state index in [1.807, 2.05) is 23.9 Å². The van der Waals surface area contributed by atoms with Crippen LogP contribution in [0.2, 0.25) is 0 Å². The van der Waals surface area contributed by atoms with Gasteiger partial charge in [-0.3, -0.25) is 9.36 Å². The van der Waals surface area contributed by atoms with Crippen molar-refractivity contribution in [3.63, 3.8) is 0 Å². The lowest BCUT2D eigenvalue weighted by atomic mass is 9.94. The van der Waals surface area contributed by atoms with E-state index in [1.165, 1.54) is 13.8 Å². The van der Waals surface area contributed by atoms with Crippen molar-refractivity contribution in [2.45, 2.75) is 44.3 Å². The number of alkyl carbamates (subject to hydrolysis) is 1. The third-order valence-corrected chi connectivity index (χ3v) is 7.40. The van der Waals surface area contributed by atoms with Crippen LogP contribution in [-0.4, -0.2) is 63.6 Å². The van der Waals surface area contributed by atoms with E-state index in [0.29, 0.717) is 29.9 Å². The highest BCUT2D eigenvalue weighted by Gasteiger charge is 2.18. The summed E-state index contributed by atoms with van der Waals surface area (Å²) in [6, 6.07) is 0. The van der Waals surface area contributed by atoms with Crippen LogP contribution in [0.25, 0.3) is 0 Å². The largest absolute Gasteiger partial charge is 0.448 e. The molecule has 31 heavy (non-hydrogen) atoms. The number of carbonyl (C=O) groups is 2. The van der Waals surface area contributed by atoms with E-state index in [2.05, 4.69) is 29.9 Å². The predicted octanol–water partition coefficient (Wildman–Crippen LogP) is 4.13. The van der Waals surface area contributed by atoms with Gasteiger partial charge in [-0.05, 0) is 31.4 Å². The highest BCUT2D eigenvalue weighted by atomic mass is 32.2. The predicted molar refractivity (Wildman–Crippen MR) is 126 cm³/mol. The molecule has 0 fully saturated rings. The first-order chi connectivity index (χ1) is 14.8. The molecule has 1 aliphatic carbocycles. The van der Waals surface area contributed by atoms with Crippen LogP contribution in [0.4, 0.5) is 4.79 Å². The molecule has 10 heteroatoms. The molecule has 3 unspecified atom stereocenters. The Morgan fingerprint density at radius 3 is 2.58 bits per heavy atom. The van der Waals surface area contributed by atoms with Crippen LogP contribution in [0.3, 0.4) is 0 Å². The molecule has 0 aromatic heterocycles. The zero-order valence-electron chi connectivity index (χ0n) is 19.1. The number of carbonyl (C=O) groups excluding carboxylic acids is 2. The second-order valence-corrected chi connectivity index (χ2v) is 10.8. The molecule has 0 radical (unpaired) electrons. The summed E-state index contributed by atoms with van der Waals surface area (Å²) in [6.07, 6.45) is 11.8. The first kappa shape index (κ1) is 27.8. The molecular weight excluding hydrogens is 439 g/mol. The minimum absolute atomic E-state index is 0.120. The molecule has 1 aliphatic rings. The molecule has 0 saturated heterocycles. The normalized spacial score (nSPS) is 18.6. The van der Waals surface area contributed by atoms with Crippen molar-refractivity contribution in [3.8, 4) is 0 Å². The maximum absolute atomic E-state index is 12.2. The van der Waals surface area contributed by atoms with Crippen molar-refractivity contribution in [2.24, 2.45) is 5.92 Å². The minimum atomic E-state index is -2.89. The summed E-state index contributed by atoms with van der Waals surface area (Å²) < 4.78 is 26.5. The van der Waals surface area contributed by atoms with Crippen molar-refractivity contribution < 1.29 is 27.9 Å². The second-order valence-electron chi connectivity index (χ2n) is 7.38. The molecule has 0 aliphatic heterocycles. The third kappa shape index (κ3) is 12.4. The third-order valence-electron chi connectivity index (χ3n) is 4.99. The van der Waals surface area contributed by atoms with E-state index < -0.39 is 13.7 Å². The monoisotopic (exact) mass is 476 g/mol. The Hall–Kier alpha value is -1.28. The zero-order valence-corrected chi connectivity index (χ0v) is 20.8. The number of allylic oxidation sites excluding steroid dienone is 2. The number of ether oxygens (including phenoxy) is 1. The van der Waals surface area contributed by atoms with Crippen LogP contribution in [0.5, 0.6) is 0 Å². The molecular formula is C21H37N2O6PS. The first-order valence-corrected chi connectivity index (χ1v) is 13.9. The van der Waals surface area contributed by atoms with E-state index in [-0.39, 0.29) is 19.1 Å². The number of nitrogens with one attached hydrogen (secondary N) is 2. The molecule has 0 saturated carbocycles. The van der Waals surface area contributed by atoms with Crippen LogP contribution in [0.15, 0.2) is 23.8 Å². The van der Waals surface area contributed by atoms with E-state index in [4.69, 9.17) is 13.8 Å². The molecule has 0 aromatic rings. The van der Waals surface area contributed by atoms with E-state index >= 15 is 0 Å². The van der Waals surface area contributed by atoms with Crippen molar-refractivity contribution in [1.29, 1.82) is 0 Å². The molecule has 8 nitrogen and oxygen atoms in total. The fourth-order valence-corrected chi connectivity index (χ4v) is 3.96. The summed E-state index contributed by atoms with van der Waals surface area (Å²) in [5, 5.41) is 5.98. The number of unbranched alkanes of at least 4 members (excludes halogenated alkanes) is 3. The molecule has 3 atom stereocenters. The van der Waals surface area contributed by atoms with Crippen LogP contribution >= 0.6 is 19.4 Å². The molecule has 178 valence electrons. The van der Waals surface area contributed by atoms with Crippen molar-refractivity contribution in [1.82, 2.24) is 10.6 Å². The summed E-state index contributed by atoms with van der Waals surface area (Å²) >= 11 is 1.82. The Labute approximate surface area is 190 Å². The van der Waals surface area contributed by atoms with Gasteiger partial charge in [0.25, 0.3) is 5.91 Å². The van der Waals surface area contributed by atoms with Gasteiger partial charge in [0, 0.05) is 31.1 Å². The average molecular weight is 477 g/mol. The summed E-state index contributed by atoms with van der Waals surface area (Å²) in [6.45, 7) is 4.93. The molecule has 1 rings (SSSR count). The zero-order chi connectivity index (χ0) is 23.1. The maximum Gasteiger partial charge on any atom is 0.407 e. The fourth-order valence-electron chi connectivity index (χ4n) is 2.84. The lowest BCUT2D eigenvalue weighted by Crippen LogP contribution is -2.32. The van der Waals surface area contributed by atoms with Gasteiger partial charge in [0.15, 0.2) is 0 Å².